The van der Waals surface area contributed by atoms with E-state index in [2.05, 4.69) is 4.98 Å². The number of pyridine rings is 1. The Kier molecular flexibility index (Phi) is 4.86. The van der Waals surface area contributed by atoms with Crippen molar-refractivity contribution in [1.29, 1.82) is 0 Å². The fourth-order valence-electron chi connectivity index (χ4n) is 2.16. The van der Waals surface area contributed by atoms with Crippen LogP contribution in [0.5, 0.6) is 0 Å². The number of nitrogens with zero attached hydrogens (tertiary/aromatic N) is 2. The number of hydrogen-bond donors (Lipinski definition) is 0. The first-order valence-corrected chi connectivity index (χ1v) is 8.43. The summed E-state index contributed by atoms with van der Waals surface area (Å²) >= 11 is 11.8. The van der Waals surface area contributed by atoms with E-state index in [1.807, 2.05) is 0 Å². The van der Waals surface area contributed by atoms with Gasteiger partial charge in [-0.3, -0.25) is 14.7 Å². The Hall–Kier alpha value is -1.90. The highest BCUT2D eigenvalue weighted by atomic mass is 35.5. The second-order valence-electron chi connectivity index (χ2n) is 4.93. The summed E-state index contributed by atoms with van der Waals surface area (Å²) in [4.78, 5) is 18.0. The van der Waals surface area contributed by atoms with Gasteiger partial charge in [-0.2, -0.15) is 13.2 Å². The molecular formula is C16H8ClF3N2OS2. The van der Waals surface area contributed by atoms with Crippen molar-refractivity contribution in [3.8, 4) is 0 Å². The number of rotatable bonds is 2. The second kappa shape index (κ2) is 6.78. The predicted molar refractivity (Wildman–Crippen MR) is 96.3 cm³/mol. The first kappa shape index (κ1) is 17.9. The number of carbonyl (C=O) groups is 1. The van der Waals surface area contributed by atoms with Crippen LogP contribution in [0.3, 0.4) is 0 Å². The SMILES string of the molecule is O=C1/C(=C/c2ccccn2)SC(=S)N1c1ccc(Cl)c(C(F)(F)F)c1. The second-order valence-corrected chi connectivity index (χ2v) is 7.02. The highest BCUT2D eigenvalue weighted by Crippen LogP contribution is 2.40. The van der Waals surface area contributed by atoms with Crippen molar-refractivity contribution in [2.24, 2.45) is 0 Å². The van der Waals surface area contributed by atoms with E-state index in [1.54, 1.807) is 30.5 Å². The van der Waals surface area contributed by atoms with Gasteiger partial charge >= 0.3 is 6.18 Å². The maximum absolute atomic E-state index is 13.0. The van der Waals surface area contributed by atoms with Gasteiger partial charge in [-0.25, -0.2) is 0 Å². The van der Waals surface area contributed by atoms with Gasteiger partial charge in [0.2, 0.25) is 0 Å². The molecule has 0 unspecified atom stereocenters. The number of aromatic nitrogens is 1. The normalized spacial score (nSPS) is 16.8. The molecule has 0 spiro atoms. The molecular weight excluding hydrogens is 393 g/mol. The summed E-state index contributed by atoms with van der Waals surface area (Å²) < 4.78 is 39.2. The standard InChI is InChI=1S/C16H8ClF3N2OS2/c17-12-5-4-10(8-11(12)16(18,19)20)22-14(23)13(25-15(22)24)7-9-3-1-2-6-21-9/h1-8H/b13-7-. The lowest BCUT2D eigenvalue weighted by atomic mass is 10.1. The molecule has 0 bridgehead atoms. The number of carbonyl (C=O) groups excluding carboxylic acids is 1. The Morgan fingerprint density at radius 2 is 2.00 bits per heavy atom. The average molecular weight is 401 g/mol. The predicted octanol–water partition coefficient (Wildman–Crippen LogP) is 5.16. The van der Waals surface area contributed by atoms with Gasteiger partial charge in [0.05, 0.1) is 26.9 Å². The molecule has 1 aliphatic heterocycles. The third kappa shape index (κ3) is 3.70. The Labute approximate surface area is 155 Å². The molecule has 0 saturated carbocycles. The first-order chi connectivity index (χ1) is 11.8. The summed E-state index contributed by atoms with van der Waals surface area (Å²) in [5.41, 5.74) is -0.451. The highest BCUT2D eigenvalue weighted by Gasteiger charge is 2.37. The number of thioether (sulfide) groups is 1. The minimum absolute atomic E-state index is 0.0173. The van der Waals surface area contributed by atoms with E-state index in [1.165, 1.54) is 6.07 Å². The molecule has 3 nitrogen and oxygen atoms in total. The maximum Gasteiger partial charge on any atom is 0.417 e. The van der Waals surface area contributed by atoms with Gasteiger partial charge in [0.1, 0.15) is 0 Å². The molecule has 0 atom stereocenters. The molecule has 3 rings (SSSR count). The van der Waals surface area contributed by atoms with E-state index in [9.17, 15) is 18.0 Å². The molecule has 1 aliphatic rings. The number of hydrogen-bond acceptors (Lipinski definition) is 4. The molecule has 1 aromatic heterocycles. The number of alkyl halides is 3. The molecule has 2 heterocycles. The molecule has 25 heavy (non-hydrogen) atoms. The van der Waals surface area contributed by atoms with Crippen LogP contribution in [0.15, 0.2) is 47.5 Å². The minimum Gasteiger partial charge on any atom is -0.268 e. The van der Waals surface area contributed by atoms with Gasteiger partial charge in [0.15, 0.2) is 4.32 Å². The van der Waals surface area contributed by atoms with E-state index < -0.39 is 22.7 Å². The van der Waals surface area contributed by atoms with E-state index in [0.29, 0.717) is 5.69 Å². The maximum atomic E-state index is 13.0. The molecule has 0 N–H and O–H groups in total. The van der Waals surface area contributed by atoms with Crippen molar-refractivity contribution in [3.63, 3.8) is 0 Å². The largest absolute Gasteiger partial charge is 0.417 e. The minimum atomic E-state index is -4.63. The summed E-state index contributed by atoms with van der Waals surface area (Å²) in [6.07, 6.45) is -1.52. The Bertz CT molecular complexity index is 885. The molecule has 0 aliphatic carbocycles. The zero-order valence-corrected chi connectivity index (χ0v) is 14.6. The van der Waals surface area contributed by atoms with Crippen molar-refractivity contribution in [2.75, 3.05) is 4.90 Å². The zero-order chi connectivity index (χ0) is 18.2. The van der Waals surface area contributed by atoms with E-state index in [0.717, 1.165) is 28.8 Å². The summed E-state index contributed by atoms with van der Waals surface area (Å²) in [6, 6.07) is 8.43. The molecule has 1 saturated heterocycles. The van der Waals surface area contributed by atoms with Gasteiger partial charge in [0, 0.05) is 6.20 Å². The van der Waals surface area contributed by atoms with Crippen LogP contribution >= 0.6 is 35.6 Å². The van der Waals surface area contributed by atoms with Gasteiger partial charge in [-0.15, -0.1) is 0 Å². The van der Waals surface area contributed by atoms with Crippen LogP contribution in [0.25, 0.3) is 6.08 Å². The molecule has 1 amide bonds. The highest BCUT2D eigenvalue weighted by molar-refractivity contribution is 8.27. The van der Waals surface area contributed by atoms with Crippen molar-refractivity contribution in [2.45, 2.75) is 6.18 Å². The van der Waals surface area contributed by atoms with E-state index in [4.69, 9.17) is 23.8 Å². The van der Waals surface area contributed by atoms with Crippen LogP contribution in [0, 0.1) is 0 Å². The quantitative estimate of drug-likeness (QED) is 0.515. The van der Waals surface area contributed by atoms with Gasteiger partial charge in [-0.05, 0) is 36.4 Å². The molecule has 128 valence electrons. The summed E-state index contributed by atoms with van der Waals surface area (Å²) in [7, 11) is 0. The van der Waals surface area contributed by atoms with Crippen molar-refractivity contribution < 1.29 is 18.0 Å². The van der Waals surface area contributed by atoms with Crippen LogP contribution in [0.2, 0.25) is 5.02 Å². The van der Waals surface area contributed by atoms with Crippen molar-refractivity contribution >= 4 is 57.6 Å². The number of benzene rings is 1. The third-order valence-corrected chi connectivity index (χ3v) is 4.91. The molecule has 2 aromatic rings. The zero-order valence-electron chi connectivity index (χ0n) is 12.2. The Morgan fingerprint density at radius 1 is 1.24 bits per heavy atom. The lowest BCUT2D eigenvalue weighted by Crippen LogP contribution is -2.27. The van der Waals surface area contributed by atoms with E-state index in [-0.39, 0.29) is 14.9 Å². The molecule has 1 fully saturated rings. The van der Waals surface area contributed by atoms with Crippen LogP contribution in [-0.4, -0.2) is 15.2 Å². The first-order valence-electron chi connectivity index (χ1n) is 6.83. The lowest BCUT2D eigenvalue weighted by Gasteiger charge is -2.17. The van der Waals surface area contributed by atoms with E-state index >= 15 is 0 Å². The molecule has 9 heteroatoms. The van der Waals surface area contributed by atoms with Crippen LogP contribution in [0.4, 0.5) is 18.9 Å². The number of thiocarbonyl (C=S) groups is 1. The number of halogens is 4. The fraction of sp³-hybridized carbons (Fsp3) is 0.0625. The van der Waals surface area contributed by atoms with Gasteiger partial charge in [0.25, 0.3) is 5.91 Å². The van der Waals surface area contributed by atoms with Crippen LogP contribution < -0.4 is 4.90 Å². The molecule has 1 aromatic carbocycles. The summed E-state index contributed by atoms with van der Waals surface area (Å²) in [6.45, 7) is 0. The van der Waals surface area contributed by atoms with Crippen molar-refractivity contribution in [3.05, 3.63) is 63.8 Å². The van der Waals surface area contributed by atoms with Crippen molar-refractivity contribution in [1.82, 2.24) is 4.98 Å². The smallest absolute Gasteiger partial charge is 0.268 e. The average Bonchev–Trinajstić information content (AvgIpc) is 2.82. The van der Waals surface area contributed by atoms with Gasteiger partial charge < -0.3 is 0 Å². The monoisotopic (exact) mass is 400 g/mol. The Morgan fingerprint density at radius 3 is 2.64 bits per heavy atom. The molecule has 0 radical (unpaired) electrons. The summed E-state index contributed by atoms with van der Waals surface area (Å²) in [5.74, 6) is -0.504. The van der Waals surface area contributed by atoms with Gasteiger partial charge in [-0.1, -0.05) is 41.6 Å². The lowest BCUT2D eigenvalue weighted by molar-refractivity contribution is -0.137. The van der Waals surface area contributed by atoms with Crippen LogP contribution in [-0.2, 0) is 11.0 Å². The Balaban J connectivity index is 1.98. The number of anilines is 1. The fourth-order valence-corrected chi connectivity index (χ4v) is 3.66. The topological polar surface area (TPSA) is 33.2 Å². The van der Waals surface area contributed by atoms with Crippen LogP contribution in [0.1, 0.15) is 11.3 Å². The summed E-state index contributed by atoms with van der Waals surface area (Å²) in [5, 5.41) is -0.439. The third-order valence-electron chi connectivity index (χ3n) is 3.27. The number of amides is 1.